The Bertz CT molecular complexity index is 99.2. The Labute approximate surface area is 44.9 Å². The largest absolute Gasteiger partial charge is 0.0785 e. The van der Waals surface area contributed by atoms with E-state index in [-0.39, 0.29) is 0 Å². The van der Waals surface area contributed by atoms with E-state index >= 15 is 0 Å². The zero-order valence-electron chi connectivity index (χ0n) is 4.70. The van der Waals surface area contributed by atoms with Gasteiger partial charge in [0.2, 0.25) is 0 Å². The summed E-state index contributed by atoms with van der Waals surface area (Å²) in [4.78, 5) is 0. The first-order chi connectivity index (χ1) is 3.41. The minimum absolute atomic E-state index is 1.09. The van der Waals surface area contributed by atoms with Gasteiger partial charge >= 0.3 is 0 Å². The quantitative estimate of drug-likeness (QED) is 0.460. The Balaban J connectivity index is 3.28. The van der Waals surface area contributed by atoms with Gasteiger partial charge in [-0.3, -0.25) is 0 Å². The highest BCUT2D eigenvalue weighted by Gasteiger charge is 1.64. The lowest BCUT2D eigenvalue weighted by Crippen LogP contribution is -1.54. The van der Waals surface area contributed by atoms with E-state index in [0.717, 1.165) is 6.42 Å². The maximum absolute atomic E-state index is 3.37. The van der Waals surface area contributed by atoms with Crippen molar-refractivity contribution in [2.75, 3.05) is 0 Å². The van der Waals surface area contributed by atoms with Gasteiger partial charge in [-0.05, 0) is 19.1 Å². The zero-order chi connectivity index (χ0) is 5.54. The lowest BCUT2D eigenvalue weighted by Gasteiger charge is -1.73. The molecule has 0 fully saturated rings. The molecule has 0 atom stereocenters. The maximum atomic E-state index is 3.37. The van der Waals surface area contributed by atoms with Gasteiger partial charge in [-0.25, -0.2) is 0 Å². The normalized spacial score (nSPS) is 6.43. The van der Waals surface area contributed by atoms with Crippen molar-refractivity contribution in [2.24, 2.45) is 0 Å². The van der Waals surface area contributed by atoms with Crippen LogP contribution in [0.3, 0.4) is 0 Å². The molecule has 0 aliphatic carbocycles. The molecular formula is C7H10. The molecule has 0 rings (SSSR count). The molecule has 0 heterocycles. The van der Waals surface area contributed by atoms with Gasteiger partial charge in [-0.2, -0.15) is 0 Å². The topological polar surface area (TPSA) is 0 Å². The molecule has 0 radical (unpaired) electrons. The van der Waals surface area contributed by atoms with Crippen LogP contribution in [0.25, 0.3) is 0 Å². The summed E-state index contributed by atoms with van der Waals surface area (Å²) >= 11 is 0. The van der Waals surface area contributed by atoms with E-state index in [1.165, 1.54) is 6.42 Å². The molecule has 0 N–H and O–H groups in total. The fourth-order valence-electron chi connectivity index (χ4n) is 0.289. The molecule has 0 unspecified atom stereocenters. The van der Waals surface area contributed by atoms with E-state index in [1.54, 1.807) is 0 Å². The van der Waals surface area contributed by atoms with Crippen LogP contribution >= 0.6 is 0 Å². The SMILES string of the molecule is C=C=C=CCCC. The first kappa shape index (κ1) is 6.30. The molecule has 0 aromatic heterocycles. The van der Waals surface area contributed by atoms with Crippen LogP contribution in [0.15, 0.2) is 24.1 Å². The predicted octanol–water partition coefficient (Wildman–Crippen LogP) is 2.28. The van der Waals surface area contributed by atoms with E-state index in [9.17, 15) is 0 Å². The fourth-order valence-corrected chi connectivity index (χ4v) is 0.289. The summed E-state index contributed by atoms with van der Waals surface area (Å²) in [6, 6.07) is 0. The van der Waals surface area contributed by atoms with Crippen LogP contribution < -0.4 is 0 Å². The Kier molecular flexibility index (Phi) is 4.77. The van der Waals surface area contributed by atoms with Crippen molar-refractivity contribution in [3.63, 3.8) is 0 Å². The summed E-state index contributed by atoms with van der Waals surface area (Å²) in [5, 5.41) is 0. The van der Waals surface area contributed by atoms with E-state index in [1.807, 2.05) is 6.08 Å². The van der Waals surface area contributed by atoms with Crippen molar-refractivity contribution >= 4 is 0 Å². The Morgan fingerprint density at radius 2 is 2.43 bits per heavy atom. The Morgan fingerprint density at radius 1 is 1.71 bits per heavy atom. The van der Waals surface area contributed by atoms with Crippen LogP contribution in [0.2, 0.25) is 0 Å². The lowest BCUT2D eigenvalue weighted by atomic mass is 10.3. The second-order valence-corrected chi connectivity index (χ2v) is 1.31. The summed E-state index contributed by atoms with van der Waals surface area (Å²) in [5.74, 6) is 0. The summed E-state index contributed by atoms with van der Waals surface area (Å²) in [6.45, 7) is 5.49. The van der Waals surface area contributed by atoms with Crippen LogP contribution in [-0.2, 0) is 0 Å². The first-order valence-corrected chi connectivity index (χ1v) is 2.51. The van der Waals surface area contributed by atoms with E-state index < -0.39 is 0 Å². The monoisotopic (exact) mass is 94.1 g/mol. The van der Waals surface area contributed by atoms with Gasteiger partial charge in [0.25, 0.3) is 0 Å². The van der Waals surface area contributed by atoms with Crippen LogP contribution in [0.1, 0.15) is 19.8 Å². The van der Waals surface area contributed by atoms with Crippen molar-refractivity contribution in [1.29, 1.82) is 0 Å². The smallest absolute Gasteiger partial charge is 0.0271 e. The highest BCUT2D eigenvalue weighted by Crippen LogP contribution is 1.83. The number of rotatable bonds is 2. The van der Waals surface area contributed by atoms with Gasteiger partial charge in [-0.1, -0.05) is 24.8 Å². The molecule has 7 heavy (non-hydrogen) atoms. The van der Waals surface area contributed by atoms with E-state index in [4.69, 9.17) is 0 Å². The molecule has 0 heteroatoms. The summed E-state index contributed by atoms with van der Waals surface area (Å²) in [5.41, 5.74) is 5.31. The minimum Gasteiger partial charge on any atom is -0.0785 e. The van der Waals surface area contributed by atoms with Gasteiger partial charge in [0.1, 0.15) is 0 Å². The molecule has 0 saturated carbocycles. The minimum atomic E-state index is 1.09. The molecule has 0 aromatic carbocycles. The van der Waals surface area contributed by atoms with E-state index in [2.05, 4.69) is 25.0 Å². The number of hydrogen-bond donors (Lipinski definition) is 0. The molecule has 0 aromatic rings. The van der Waals surface area contributed by atoms with Crippen molar-refractivity contribution < 1.29 is 0 Å². The molecule has 0 nitrogen and oxygen atoms in total. The Hall–Kier alpha value is -0.700. The van der Waals surface area contributed by atoms with Crippen LogP contribution in [0.4, 0.5) is 0 Å². The molecule has 0 aliphatic rings. The number of unbranched alkanes of at least 4 members (excludes halogenated alkanes) is 1. The van der Waals surface area contributed by atoms with E-state index in [0.29, 0.717) is 0 Å². The van der Waals surface area contributed by atoms with Crippen molar-refractivity contribution in [3.8, 4) is 0 Å². The Morgan fingerprint density at radius 3 is 2.86 bits per heavy atom. The highest BCUT2D eigenvalue weighted by atomic mass is 13.7. The standard InChI is InChI=1S/C7H10/c1-3-5-7-6-4-2/h7H,1,4,6H2,2H3. The second kappa shape index (κ2) is 5.30. The lowest BCUT2D eigenvalue weighted by molar-refractivity contribution is 0.960. The average molecular weight is 94.2 g/mol. The molecule has 38 valence electrons. The van der Waals surface area contributed by atoms with Gasteiger partial charge in [0, 0.05) is 0 Å². The molecule has 0 saturated heterocycles. The highest BCUT2D eigenvalue weighted by molar-refractivity contribution is 4.79. The summed E-state index contributed by atoms with van der Waals surface area (Å²) in [6.07, 6.45) is 4.20. The van der Waals surface area contributed by atoms with Gasteiger partial charge in [-0.15, -0.1) is 0 Å². The molecule has 0 spiro atoms. The van der Waals surface area contributed by atoms with Crippen LogP contribution in [0, 0.1) is 0 Å². The third-order valence-corrected chi connectivity index (χ3v) is 0.637. The van der Waals surface area contributed by atoms with Crippen molar-refractivity contribution in [2.45, 2.75) is 19.8 Å². The van der Waals surface area contributed by atoms with Crippen molar-refractivity contribution in [1.82, 2.24) is 0 Å². The van der Waals surface area contributed by atoms with Gasteiger partial charge < -0.3 is 0 Å². The molecule has 0 amide bonds. The molecule has 0 aliphatic heterocycles. The second-order valence-electron chi connectivity index (χ2n) is 1.31. The number of hydrogen-bond acceptors (Lipinski definition) is 0. The fraction of sp³-hybridized carbons (Fsp3) is 0.429. The zero-order valence-corrected chi connectivity index (χ0v) is 4.70. The third kappa shape index (κ3) is 5.30. The molecular weight excluding hydrogens is 84.1 g/mol. The third-order valence-electron chi connectivity index (χ3n) is 0.637. The summed E-state index contributed by atoms with van der Waals surface area (Å²) in [7, 11) is 0. The maximum Gasteiger partial charge on any atom is -0.0271 e. The first-order valence-electron chi connectivity index (χ1n) is 2.51. The van der Waals surface area contributed by atoms with Crippen LogP contribution in [-0.4, -0.2) is 0 Å². The summed E-state index contributed by atoms with van der Waals surface area (Å²) < 4.78 is 0. The van der Waals surface area contributed by atoms with Gasteiger partial charge in [0.05, 0.1) is 0 Å². The van der Waals surface area contributed by atoms with Gasteiger partial charge in [0.15, 0.2) is 0 Å². The molecule has 0 bridgehead atoms. The average Bonchev–Trinajstić information content (AvgIpc) is 1.69. The number of allylic oxidation sites excluding steroid dienone is 1. The van der Waals surface area contributed by atoms with Crippen LogP contribution in [0.5, 0.6) is 0 Å². The predicted molar refractivity (Wildman–Crippen MR) is 32.1 cm³/mol. The van der Waals surface area contributed by atoms with Crippen molar-refractivity contribution in [3.05, 3.63) is 24.1 Å².